The van der Waals surface area contributed by atoms with Gasteiger partial charge in [0.2, 0.25) is 0 Å². The van der Waals surface area contributed by atoms with Gasteiger partial charge in [0.15, 0.2) is 0 Å². The van der Waals surface area contributed by atoms with Crippen LogP contribution < -0.4 is 0 Å². The van der Waals surface area contributed by atoms with Crippen molar-refractivity contribution in [2.24, 2.45) is 0 Å². The van der Waals surface area contributed by atoms with Crippen molar-refractivity contribution in [3.63, 3.8) is 0 Å². The number of nitrogens with zero attached hydrogens (tertiary/aromatic N) is 1. The summed E-state index contributed by atoms with van der Waals surface area (Å²) in [6.07, 6.45) is 3.08. The highest BCUT2D eigenvalue weighted by Crippen LogP contribution is 2.24. The van der Waals surface area contributed by atoms with Crippen LogP contribution in [0.2, 0.25) is 5.02 Å². The largest absolute Gasteiger partial charge is 0.336 e. The van der Waals surface area contributed by atoms with Crippen molar-refractivity contribution < 1.29 is 4.79 Å². The van der Waals surface area contributed by atoms with Crippen LogP contribution in [0.15, 0.2) is 22.7 Å². The van der Waals surface area contributed by atoms with Crippen LogP contribution >= 0.6 is 27.5 Å². The zero-order valence-electron chi connectivity index (χ0n) is 11.7. The molecule has 1 unspecified atom stereocenters. The van der Waals surface area contributed by atoms with E-state index < -0.39 is 0 Å². The van der Waals surface area contributed by atoms with Crippen LogP contribution in [-0.2, 0) is 0 Å². The lowest BCUT2D eigenvalue weighted by molar-refractivity contribution is 0.0685. The van der Waals surface area contributed by atoms with Crippen molar-refractivity contribution in [1.29, 1.82) is 0 Å². The van der Waals surface area contributed by atoms with Crippen LogP contribution in [0.25, 0.3) is 0 Å². The second-order valence-corrected chi connectivity index (χ2v) is 6.00. The first-order valence-corrected chi connectivity index (χ1v) is 7.94. The smallest absolute Gasteiger partial charge is 0.254 e. The molecule has 0 aliphatic rings. The van der Waals surface area contributed by atoms with E-state index in [-0.39, 0.29) is 11.9 Å². The molecular weight excluding hydrogens is 326 g/mol. The molecule has 4 heteroatoms. The average molecular weight is 347 g/mol. The van der Waals surface area contributed by atoms with Crippen molar-refractivity contribution in [3.8, 4) is 0 Å². The molecule has 0 saturated carbocycles. The van der Waals surface area contributed by atoms with Gasteiger partial charge in [0, 0.05) is 22.6 Å². The molecule has 106 valence electrons. The fraction of sp³-hybridized carbons (Fsp3) is 0.533. The third kappa shape index (κ3) is 4.50. The van der Waals surface area contributed by atoms with Gasteiger partial charge in [-0.1, -0.05) is 31.9 Å². The standard InChI is InChI=1S/C15H21BrClNO/c1-4-6-9-18(11(3)5-2)15(19)12-7-8-14(17)13(16)10-12/h7-8,10-11H,4-6,9H2,1-3H3. The van der Waals surface area contributed by atoms with E-state index in [0.29, 0.717) is 10.6 Å². The first-order valence-electron chi connectivity index (χ1n) is 6.77. The summed E-state index contributed by atoms with van der Waals surface area (Å²) in [6, 6.07) is 5.60. The molecule has 0 aromatic heterocycles. The first-order chi connectivity index (χ1) is 9.01. The summed E-state index contributed by atoms with van der Waals surface area (Å²) in [5.41, 5.74) is 0.688. The van der Waals surface area contributed by atoms with Crippen molar-refractivity contribution >= 4 is 33.4 Å². The number of carbonyl (C=O) groups excluding carboxylic acids is 1. The molecule has 0 aliphatic heterocycles. The lowest BCUT2D eigenvalue weighted by Gasteiger charge is -2.28. The van der Waals surface area contributed by atoms with Crippen molar-refractivity contribution in [1.82, 2.24) is 4.90 Å². The second-order valence-electron chi connectivity index (χ2n) is 4.74. The summed E-state index contributed by atoms with van der Waals surface area (Å²) in [5.74, 6) is 0.0835. The molecule has 0 N–H and O–H groups in total. The number of benzene rings is 1. The summed E-state index contributed by atoms with van der Waals surface area (Å²) < 4.78 is 0.764. The van der Waals surface area contributed by atoms with E-state index in [2.05, 4.69) is 36.7 Å². The maximum atomic E-state index is 12.6. The molecule has 19 heavy (non-hydrogen) atoms. The van der Waals surface area contributed by atoms with E-state index in [1.54, 1.807) is 18.2 Å². The molecule has 0 radical (unpaired) electrons. The molecule has 0 saturated heterocycles. The van der Waals surface area contributed by atoms with Crippen LogP contribution in [0, 0.1) is 0 Å². The van der Waals surface area contributed by atoms with E-state index in [4.69, 9.17) is 11.6 Å². The summed E-state index contributed by atoms with van der Waals surface area (Å²) >= 11 is 9.33. The molecule has 0 spiro atoms. The minimum absolute atomic E-state index is 0.0835. The zero-order chi connectivity index (χ0) is 14.4. The third-order valence-electron chi connectivity index (χ3n) is 3.30. The predicted molar refractivity (Wildman–Crippen MR) is 84.8 cm³/mol. The Morgan fingerprint density at radius 1 is 1.42 bits per heavy atom. The minimum atomic E-state index is 0.0835. The molecule has 1 amide bonds. The van der Waals surface area contributed by atoms with Gasteiger partial charge in [-0.25, -0.2) is 0 Å². The second kappa shape index (κ2) is 7.91. The van der Waals surface area contributed by atoms with Gasteiger partial charge in [-0.15, -0.1) is 0 Å². The molecule has 1 aromatic rings. The van der Waals surface area contributed by atoms with Gasteiger partial charge in [-0.05, 0) is 53.9 Å². The Morgan fingerprint density at radius 3 is 2.63 bits per heavy atom. The quantitative estimate of drug-likeness (QED) is 0.698. The lowest BCUT2D eigenvalue weighted by Crippen LogP contribution is -2.39. The van der Waals surface area contributed by atoms with Gasteiger partial charge in [0.25, 0.3) is 5.91 Å². The Labute approximate surface area is 129 Å². The third-order valence-corrected chi connectivity index (χ3v) is 4.52. The first kappa shape index (κ1) is 16.5. The molecule has 0 aliphatic carbocycles. The fourth-order valence-corrected chi connectivity index (χ4v) is 2.36. The SMILES string of the molecule is CCCCN(C(=O)c1ccc(Cl)c(Br)c1)C(C)CC. The Kier molecular flexibility index (Phi) is 6.87. The summed E-state index contributed by atoms with van der Waals surface area (Å²) in [7, 11) is 0. The predicted octanol–water partition coefficient (Wildman–Crippen LogP) is 5.14. The molecule has 1 rings (SSSR count). The number of amides is 1. The molecular formula is C15H21BrClNO. The van der Waals surface area contributed by atoms with Crippen molar-refractivity contribution in [2.75, 3.05) is 6.54 Å². The van der Waals surface area contributed by atoms with Crippen LogP contribution in [0.3, 0.4) is 0 Å². The molecule has 0 bridgehead atoms. The van der Waals surface area contributed by atoms with Crippen LogP contribution in [-0.4, -0.2) is 23.4 Å². The van der Waals surface area contributed by atoms with Crippen molar-refractivity contribution in [3.05, 3.63) is 33.3 Å². The zero-order valence-corrected chi connectivity index (χ0v) is 14.1. The van der Waals surface area contributed by atoms with E-state index >= 15 is 0 Å². The number of hydrogen-bond donors (Lipinski definition) is 0. The normalized spacial score (nSPS) is 12.3. The van der Waals surface area contributed by atoms with Gasteiger partial charge in [-0.2, -0.15) is 0 Å². The van der Waals surface area contributed by atoms with Gasteiger partial charge in [0.1, 0.15) is 0 Å². The minimum Gasteiger partial charge on any atom is -0.336 e. The lowest BCUT2D eigenvalue weighted by atomic mass is 10.1. The van der Waals surface area contributed by atoms with Crippen molar-refractivity contribution in [2.45, 2.75) is 46.1 Å². The molecule has 2 nitrogen and oxygen atoms in total. The Bertz CT molecular complexity index is 436. The van der Waals surface area contributed by atoms with Crippen LogP contribution in [0.5, 0.6) is 0 Å². The number of rotatable bonds is 6. The maximum absolute atomic E-state index is 12.6. The number of halogens is 2. The highest BCUT2D eigenvalue weighted by Gasteiger charge is 2.20. The Hall–Kier alpha value is -0.540. The number of unbranched alkanes of at least 4 members (excludes halogenated alkanes) is 1. The van der Waals surface area contributed by atoms with Crippen LogP contribution in [0.4, 0.5) is 0 Å². The highest BCUT2D eigenvalue weighted by atomic mass is 79.9. The van der Waals surface area contributed by atoms with Gasteiger partial charge in [0.05, 0.1) is 5.02 Å². The topological polar surface area (TPSA) is 20.3 Å². The summed E-state index contributed by atoms with van der Waals surface area (Å²) in [5, 5.41) is 0.625. The number of hydrogen-bond acceptors (Lipinski definition) is 1. The van der Waals surface area contributed by atoms with E-state index in [1.165, 1.54) is 0 Å². The Balaban J connectivity index is 2.94. The Morgan fingerprint density at radius 2 is 2.11 bits per heavy atom. The maximum Gasteiger partial charge on any atom is 0.254 e. The van der Waals surface area contributed by atoms with E-state index in [1.807, 2.05) is 4.90 Å². The van der Waals surface area contributed by atoms with Gasteiger partial charge >= 0.3 is 0 Å². The summed E-state index contributed by atoms with van der Waals surface area (Å²) in [4.78, 5) is 14.5. The monoisotopic (exact) mass is 345 g/mol. The molecule has 1 atom stereocenters. The average Bonchev–Trinajstić information content (AvgIpc) is 2.41. The number of carbonyl (C=O) groups is 1. The molecule has 0 heterocycles. The molecule has 1 aromatic carbocycles. The van der Waals surface area contributed by atoms with E-state index in [9.17, 15) is 4.79 Å². The van der Waals surface area contributed by atoms with E-state index in [0.717, 1.165) is 30.3 Å². The highest BCUT2D eigenvalue weighted by molar-refractivity contribution is 9.10. The fourth-order valence-electron chi connectivity index (χ4n) is 1.87. The molecule has 0 fully saturated rings. The summed E-state index contributed by atoms with van der Waals surface area (Å²) in [6.45, 7) is 7.15. The van der Waals surface area contributed by atoms with Gasteiger partial charge in [-0.3, -0.25) is 4.79 Å². The van der Waals surface area contributed by atoms with Crippen LogP contribution in [0.1, 0.15) is 50.4 Å². The van der Waals surface area contributed by atoms with Gasteiger partial charge < -0.3 is 4.90 Å².